The number of benzene rings is 1. The molecule has 1 aromatic carbocycles. The second-order valence-corrected chi connectivity index (χ2v) is 6.94. The summed E-state index contributed by atoms with van der Waals surface area (Å²) in [6.07, 6.45) is 3.43. The van der Waals surface area contributed by atoms with Crippen LogP contribution in [0.3, 0.4) is 0 Å². The molecule has 0 aliphatic carbocycles. The quantitative estimate of drug-likeness (QED) is 0.699. The fourth-order valence-electron chi connectivity index (χ4n) is 3.34. The maximum absolute atomic E-state index is 13.0. The number of aromatic nitrogens is 3. The van der Waals surface area contributed by atoms with E-state index in [2.05, 4.69) is 15.0 Å². The van der Waals surface area contributed by atoms with E-state index in [1.165, 1.54) is 0 Å². The first-order valence-electron chi connectivity index (χ1n) is 8.89. The SMILES string of the molecule is Cc1c(C(=O)N2CCN(c3ccccn3)CC2)cnn1-c1cccc(Cl)c1. The highest BCUT2D eigenvalue weighted by Crippen LogP contribution is 2.20. The summed E-state index contributed by atoms with van der Waals surface area (Å²) in [7, 11) is 0. The lowest BCUT2D eigenvalue weighted by Gasteiger charge is -2.35. The van der Waals surface area contributed by atoms with Crippen LogP contribution in [-0.2, 0) is 0 Å². The molecule has 27 heavy (non-hydrogen) atoms. The maximum Gasteiger partial charge on any atom is 0.257 e. The minimum atomic E-state index is 0.0152. The van der Waals surface area contributed by atoms with E-state index in [0.717, 1.165) is 30.3 Å². The Hall–Kier alpha value is -2.86. The summed E-state index contributed by atoms with van der Waals surface area (Å²) in [6, 6.07) is 13.3. The Kier molecular flexibility index (Phi) is 4.81. The van der Waals surface area contributed by atoms with E-state index in [1.807, 2.05) is 54.3 Å². The molecule has 0 spiro atoms. The van der Waals surface area contributed by atoms with Gasteiger partial charge in [-0.05, 0) is 37.3 Å². The summed E-state index contributed by atoms with van der Waals surface area (Å²) in [5, 5.41) is 5.04. The number of carbonyl (C=O) groups excluding carboxylic acids is 1. The molecular weight excluding hydrogens is 362 g/mol. The van der Waals surface area contributed by atoms with Gasteiger partial charge in [0, 0.05) is 37.4 Å². The zero-order chi connectivity index (χ0) is 18.8. The molecule has 1 saturated heterocycles. The normalized spacial score (nSPS) is 14.4. The smallest absolute Gasteiger partial charge is 0.257 e. The number of carbonyl (C=O) groups is 1. The Morgan fingerprint density at radius 3 is 2.59 bits per heavy atom. The van der Waals surface area contributed by atoms with Gasteiger partial charge in [-0.2, -0.15) is 5.10 Å². The Bertz CT molecular complexity index is 948. The zero-order valence-corrected chi connectivity index (χ0v) is 15.8. The highest BCUT2D eigenvalue weighted by atomic mass is 35.5. The molecule has 0 unspecified atom stereocenters. The number of halogens is 1. The van der Waals surface area contributed by atoms with Gasteiger partial charge in [-0.3, -0.25) is 4.79 Å². The van der Waals surface area contributed by atoms with E-state index in [0.29, 0.717) is 23.7 Å². The fourth-order valence-corrected chi connectivity index (χ4v) is 3.52. The molecule has 3 heterocycles. The van der Waals surface area contributed by atoms with E-state index in [1.54, 1.807) is 17.1 Å². The topological polar surface area (TPSA) is 54.3 Å². The van der Waals surface area contributed by atoms with Crippen molar-refractivity contribution in [2.24, 2.45) is 0 Å². The van der Waals surface area contributed by atoms with Gasteiger partial charge in [-0.25, -0.2) is 9.67 Å². The van der Waals surface area contributed by atoms with Crippen molar-refractivity contribution in [1.29, 1.82) is 0 Å². The van der Waals surface area contributed by atoms with Crippen LogP contribution in [0.4, 0.5) is 5.82 Å². The van der Waals surface area contributed by atoms with Crippen molar-refractivity contribution < 1.29 is 4.79 Å². The molecular formula is C20H20ClN5O. The average Bonchev–Trinajstić information content (AvgIpc) is 3.09. The van der Waals surface area contributed by atoms with E-state index in [9.17, 15) is 4.79 Å². The number of piperazine rings is 1. The van der Waals surface area contributed by atoms with Crippen LogP contribution in [0.5, 0.6) is 0 Å². The van der Waals surface area contributed by atoms with Gasteiger partial charge < -0.3 is 9.80 Å². The van der Waals surface area contributed by atoms with Crippen molar-refractivity contribution in [1.82, 2.24) is 19.7 Å². The molecule has 1 fully saturated rings. The largest absolute Gasteiger partial charge is 0.353 e. The molecule has 6 nitrogen and oxygen atoms in total. The average molecular weight is 382 g/mol. The number of anilines is 1. The Balaban J connectivity index is 1.48. The van der Waals surface area contributed by atoms with Crippen molar-refractivity contribution in [2.45, 2.75) is 6.92 Å². The second-order valence-electron chi connectivity index (χ2n) is 6.50. The van der Waals surface area contributed by atoms with Crippen molar-refractivity contribution >= 4 is 23.3 Å². The van der Waals surface area contributed by atoms with Gasteiger partial charge in [0.2, 0.25) is 0 Å². The summed E-state index contributed by atoms with van der Waals surface area (Å²) < 4.78 is 1.75. The van der Waals surface area contributed by atoms with Crippen molar-refractivity contribution in [3.05, 3.63) is 71.1 Å². The molecule has 1 aliphatic heterocycles. The monoisotopic (exact) mass is 381 g/mol. The van der Waals surface area contributed by atoms with Crippen LogP contribution in [0.2, 0.25) is 5.02 Å². The fraction of sp³-hybridized carbons (Fsp3) is 0.250. The first-order chi connectivity index (χ1) is 13.1. The lowest BCUT2D eigenvalue weighted by molar-refractivity contribution is 0.0745. The number of amides is 1. The summed E-state index contributed by atoms with van der Waals surface area (Å²) in [4.78, 5) is 21.5. The highest BCUT2D eigenvalue weighted by molar-refractivity contribution is 6.30. The predicted octanol–water partition coefficient (Wildman–Crippen LogP) is 3.19. The van der Waals surface area contributed by atoms with Crippen LogP contribution in [0.25, 0.3) is 5.69 Å². The van der Waals surface area contributed by atoms with Crippen molar-refractivity contribution in [3.8, 4) is 5.69 Å². The van der Waals surface area contributed by atoms with Gasteiger partial charge in [0.05, 0.1) is 23.1 Å². The first kappa shape index (κ1) is 17.5. The molecule has 1 amide bonds. The van der Waals surface area contributed by atoms with Gasteiger partial charge in [-0.1, -0.05) is 23.7 Å². The van der Waals surface area contributed by atoms with Crippen LogP contribution >= 0.6 is 11.6 Å². The molecule has 1 aliphatic rings. The summed E-state index contributed by atoms with van der Waals surface area (Å²) in [5.74, 6) is 0.969. The van der Waals surface area contributed by atoms with Crippen molar-refractivity contribution in [2.75, 3.05) is 31.1 Å². The maximum atomic E-state index is 13.0. The minimum absolute atomic E-state index is 0.0152. The number of rotatable bonds is 3. The molecule has 7 heteroatoms. The summed E-state index contributed by atoms with van der Waals surface area (Å²) >= 11 is 6.08. The number of nitrogens with zero attached hydrogens (tertiary/aromatic N) is 5. The number of hydrogen-bond donors (Lipinski definition) is 0. The molecule has 0 atom stereocenters. The van der Waals surface area contributed by atoms with Crippen LogP contribution in [0, 0.1) is 6.92 Å². The van der Waals surface area contributed by atoms with Crippen LogP contribution < -0.4 is 4.90 Å². The van der Waals surface area contributed by atoms with Gasteiger partial charge in [0.25, 0.3) is 5.91 Å². The van der Waals surface area contributed by atoms with E-state index < -0.39 is 0 Å². The van der Waals surface area contributed by atoms with Crippen LogP contribution in [0.15, 0.2) is 54.9 Å². The number of pyridine rings is 1. The first-order valence-corrected chi connectivity index (χ1v) is 9.27. The van der Waals surface area contributed by atoms with E-state index in [-0.39, 0.29) is 5.91 Å². The molecule has 2 aromatic heterocycles. The van der Waals surface area contributed by atoms with Crippen LogP contribution in [0.1, 0.15) is 16.1 Å². The van der Waals surface area contributed by atoms with Gasteiger partial charge in [0.1, 0.15) is 5.82 Å². The molecule has 3 aromatic rings. The van der Waals surface area contributed by atoms with Gasteiger partial charge in [-0.15, -0.1) is 0 Å². The van der Waals surface area contributed by atoms with Gasteiger partial charge in [0.15, 0.2) is 0 Å². The molecule has 4 rings (SSSR count). The lowest BCUT2D eigenvalue weighted by Crippen LogP contribution is -2.49. The molecule has 0 bridgehead atoms. The number of hydrogen-bond acceptors (Lipinski definition) is 4. The van der Waals surface area contributed by atoms with Gasteiger partial charge >= 0.3 is 0 Å². The lowest BCUT2D eigenvalue weighted by atomic mass is 10.2. The highest BCUT2D eigenvalue weighted by Gasteiger charge is 2.25. The third-order valence-electron chi connectivity index (χ3n) is 4.83. The van der Waals surface area contributed by atoms with Crippen molar-refractivity contribution in [3.63, 3.8) is 0 Å². The summed E-state index contributed by atoms with van der Waals surface area (Å²) in [5.41, 5.74) is 2.29. The van der Waals surface area contributed by atoms with Crippen LogP contribution in [-0.4, -0.2) is 51.8 Å². The Morgan fingerprint density at radius 2 is 1.89 bits per heavy atom. The Morgan fingerprint density at radius 1 is 1.07 bits per heavy atom. The summed E-state index contributed by atoms with van der Waals surface area (Å²) in [6.45, 7) is 4.77. The molecule has 0 radical (unpaired) electrons. The molecule has 0 saturated carbocycles. The predicted molar refractivity (Wildman–Crippen MR) is 106 cm³/mol. The molecule has 0 N–H and O–H groups in total. The minimum Gasteiger partial charge on any atom is -0.353 e. The third kappa shape index (κ3) is 3.53. The Labute approximate surface area is 163 Å². The standard InChI is InChI=1S/C20H20ClN5O/c1-15-18(14-23-26(15)17-6-4-5-16(21)13-17)20(27)25-11-9-24(10-12-25)19-7-2-3-8-22-19/h2-8,13-14H,9-12H2,1H3. The van der Waals surface area contributed by atoms with E-state index >= 15 is 0 Å². The molecule has 138 valence electrons. The third-order valence-corrected chi connectivity index (χ3v) is 5.07. The zero-order valence-electron chi connectivity index (χ0n) is 15.0. The second kappa shape index (κ2) is 7.40. The van der Waals surface area contributed by atoms with E-state index in [4.69, 9.17) is 11.6 Å².